The Morgan fingerprint density at radius 1 is 0.606 bits per heavy atom. The van der Waals surface area contributed by atoms with Gasteiger partial charge in [-0.05, 0) is 89.8 Å². The molecule has 0 fully saturated rings. The second-order valence-electron chi connectivity index (χ2n) is 8.05. The summed E-state index contributed by atoms with van der Waals surface area (Å²) in [4.78, 5) is 0. The van der Waals surface area contributed by atoms with E-state index < -0.39 is 0 Å². The molecular weight excluding hydrogens is 410 g/mol. The summed E-state index contributed by atoms with van der Waals surface area (Å²) in [5, 5.41) is 1.81. The van der Waals surface area contributed by atoms with Crippen LogP contribution in [0.5, 0.6) is 0 Å². The Morgan fingerprint density at radius 3 is 1.97 bits per heavy atom. The van der Waals surface area contributed by atoms with Crippen molar-refractivity contribution in [2.75, 3.05) is 0 Å². The van der Waals surface area contributed by atoms with Gasteiger partial charge in [-0.2, -0.15) is 0 Å². The molecule has 33 heavy (non-hydrogen) atoms. The van der Waals surface area contributed by atoms with Gasteiger partial charge in [0, 0.05) is 16.7 Å². The highest BCUT2D eigenvalue weighted by molar-refractivity contribution is 5.84. The Bertz CT molecular complexity index is 1390. The largest absolute Gasteiger partial charge is 0.207 e. The van der Waals surface area contributed by atoms with Gasteiger partial charge in [-0.1, -0.05) is 61.6 Å². The topological polar surface area (TPSA) is 0 Å². The van der Waals surface area contributed by atoms with Gasteiger partial charge in [0.1, 0.15) is 11.6 Å². The quantitative estimate of drug-likeness (QED) is 0.229. The second kappa shape index (κ2) is 10.6. The zero-order valence-electron chi connectivity index (χ0n) is 18.6. The molecule has 0 atom stereocenters. The Labute approximate surface area is 194 Å². The van der Waals surface area contributed by atoms with Gasteiger partial charge >= 0.3 is 0 Å². The van der Waals surface area contributed by atoms with Gasteiger partial charge in [-0.25, -0.2) is 8.78 Å². The van der Waals surface area contributed by atoms with Crippen molar-refractivity contribution in [3.63, 3.8) is 0 Å². The van der Waals surface area contributed by atoms with E-state index in [1.165, 1.54) is 12.1 Å². The first kappa shape index (κ1) is 22.3. The third-order valence-corrected chi connectivity index (χ3v) is 5.48. The molecule has 0 saturated heterocycles. The molecule has 0 nitrogen and oxygen atoms in total. The van der Waals surface area contributed by atoms with E-state index in [1.54, 1.807) is 18.2 Å². The van der Waals surface area contributed by atoms with E-state index in [-0.39, 0.29) is 11.6 Å². The summed E-state index contributed by atoms with van der Waals surface area (Å²) in [7, 11) is 0. The third-order valence-electron chi connectivity index (χ3n) is 5.48. The molecule has 4 aromatic rings. The predicted molar refractivity (Wildman–Crippen MR) is 132 cm³/mol. The third kappa shape index (κ3) is 6.09. The Balaban J connectivity index is 1.44. The van der Waals surface area contributed by atoms with Gasteiger partial charge in [-0.15, -0.1) is 0 Å². The Morgan fingerprint density at radius 2 is 1.24 bits per heavy atom. The van der Waals surface area contributed by atoms with Crippen molar-refractivity contribution in [1.82, 2.24) is 0 Å². The molecule has 0 heterocycles. The van der Waals surface area contributed by atoms with Crippen LogP contribution in [0.3, 0.4) is 0 Å². The summed E-state index contributed by atoms with van der Waals surface area (Å²) in [6, 6.07) is 23.3. The van der Waals surface area contributed by atoms with Crippen LogP contribution in [0, 0.1) is 35.3 Å². The van der Waals surface area contributed by atoms with Crippen molar-refractivity contribution >= 4 is 10.8 Å². The normalized spacial score (nSPS) is 10.3. The maximum Gasteiger partial charge on any atom is 0.139 e. The summed E-state index contributed by atoms with van der Waals surface area (Å²) < 4.78 is 27.7. The Hall–Kier alpha value is -3.88. The molecule has 0 saturated carbocycles. The monoisotopic (exact) mass is 434 g/mol. The smallest absolute Gasteiger partial charge is 0.139 e. The van der Waals surface area contributed by atoms with E-state index in [0.29, 0.717) is 5.56 Å². The zero-order chi connectivity index (χ0) is 23.0. The van der Waals surface area contributed by atoms with E-state index in [9.17, 15) is 8.78 Å². The van der Waals surface area contributed by atoms with E-state index in [2.05, 4.69) is 30.6 Å². The highest BCUT2D eigenvalue weighted by Gasteiger charge is 2.02. The standard InChI is InChI=1S/C31H24F2/c1-2-3-4-5-25-13-16-27(31(33)21-25)15-12-24-8-6-23(7-9-24)10-11-26-14-17-29-22-30(32)19-18-28(29)20-26/h6-9,13-14,16-22H,2-5H2,1H3. The summed E-state index contributed by atoms with van der Waals surface area (Å²) in [5.74, 6) is 11.7. The SMILES string of the molecule is CCCCCc1ccc(C#Cc2ccc(C#Cc3ccc4cc(F)ccc4c3)cc2)c(F)c1. The van der Waals surface area contributed by atoms with E-state index in [4.69, 9.17) is 0 Å². The molecular formula is C31H24F2. The molecule has 162 valence electrons. The first-order valence-corrected chi connectivity index (χ1v) is 11.2. The van der Waals surface area contributed by atoms with E-state index in [1.807, 2.05) is 48.5 Å². The molecule has 4 rings (SSSR count). The average molecular weight is 435 g/mol. The summed E-state index contributed by atoms with van der Waals surface area (Å²) >= 11 is 0. The van der Waals surface area contributed by atoms with Crippen molar-refractivity contribution in [2.45, 2.75) is 32.6 Å². The zero-order valence-corrected chi connectivity index (χ0v) is 18.6. The van der Waals surface area contributed by atoms with Gasteiger partial charge in [0.2, 0.25) is 0 Å². The van der Waals surface area contributed by atoms with Crippen molar-refractivity contribution in [1.29, 1.82) is 0 Å². The molecule has 0 aromatic heterocycles. The maximum absolute atomic E-state index is 14.4. The van der Waals surface area contributed by atoms with Gasteiger partial charge < -0.3 is 0 Å². The van der Waals surface area contributed by atoms with Crippen LogP contribution in [0.25, 0.3) is 10.8 Å². The van der Waals surface area contributed by atoms with Crippen LogP contribution in [-0.4, -0.2) is 0 Å². The molecule has 4 aromatic carbocycles. The molecule has 0 radical (unpaired) electrons. The molecule has 0 amide bonds. The number of benzene rings is 4. The van der Waals surface area contributed by atoms with Crippen LogP contribution in [-0.2, 0) is 6.42 Å². The fraction of sp³-hybridized carbons (Fsp3) is 0.161. The molecule has 2 heteroatoms. The van der Waals surface area contributed by atoms with Gasteiger partial charge in [-0.3, -0.25) is 0 Å². The van der Waals surface area contributed by atoms with Crippen molar-refractivity contribution in [2.24, 2.45) is 0 Å². The molecule has 0 bridgehead atoms. The van der Waals surface area contributed by atoms with Gasteiger partial charge in [0.05, 0.1) is 5.56 Å². The van der Waals surface area contributed by atoms with Gasteiger partial charge in [0.15, 0.2) is 0 Å². The number of unbranched alkanes of at least 4 members (excludes halogenated alkanes) is 2. The summed E-state index contributed by atoms with van der Waals surface area (Å²) in [6.07, 6.45) is 4.30. The van der Waals surface area contributed by atoms with Crippen molar-refractivity contribution < 1.29 is 8.78 Å². The minimum absolute atomic E-state index is 0.244. The second-order valence-corrected chi connectivity index (χ2v) is 8.05. The molecule has 0 aliphatic heterocycles. The average Bonchev–Trinajstić information content (AvgIpc) is 2.83. The van der Waals surface area contributed by atoms with Gasteiger partial charge in [0.25, 0.3) is 0 Å². The van der Waals surface area contributed by atoms with Crippen LogP contribution in [0.15, 0.2) is 78.9 Å². The summed E-state index contributed by atoms with van der Waals surface area (Å²) in [5.41, 5.74) is 3.97. The lowest BCUT2D eigenvalue weighted by Crippen LogP contribution is -1.90. The lowest BCUT2D eigenvalue weighted by Gasteiger charge is -2.02. The fourth-order valence-corrected chi connectivity index (χ4v) is 3.61. The maximum atomic E-state index is 14.4. The number of fused-ring (bicyclic) bond motifs is 1. The Kier molecular flexibility index (Phi) is 7.19. The molecule has 0 aliphatic carbocycles. The number of halogens is 2. The minimum atomic E-state index is -0.267. The summed E-state index contributed by atoms with van der Waals surface area (Å²) in [6.45, 7) is 2.16. The van der Waals surface area contributed by atoms with Crippen LogP contribution in [0.1, 0.15) is 54.0 Å². The first-order valence-electron chi connectivity index (χ1n) is 11.2. The highest BCUT2D eigenvalue weighted by atomic mass is 19.1. The predicted octanol–water partition coefficient (Wildman–Crippen LogP) is 7.65. The number of hydrogen-bond acceptors (Lipinski definition) is 0. The lowest BCUT2D eigenvalue weighted by atomic mass is 10.0. The lowest BCUT2D eigenvalue weighted by molar-refractivity contribution is 0.619. The van der Waals surface area contributed by atoms with Crippen molar-refractivity contribution in [3.8, 4) is 23.7 Å². The van der Waals surface area contributed by atoms with Crippen LogP contribution < -0.4 is 0 Å². The van der Waals surface area contributed by atoms with E-state index in [0.717, 1.165) is 58.7 Å². The van der Waals surface area contributed by atoms with Crippen LogP contribution in [0.2, 0.25) is 0 Å². The highest BCUT2D eigenvalue weighted by Crippen LogP contribution is 2.17. The molecule has 0 unspecified atom stereocenters. The first-order chi connectivity index (χ1) is 16.1. The number of aryl methyl sites for hydroxylation is 1. The van der Waals surface area contributed by atoms with Crippen LogP contribution >= 0.6 is 0 Å². The van der Waals surface area contributed by atoms with Crippen LogP contribution in [0.4, 0.5) is 8.78 Å². The fourth-order valence-electron chi connectivity index (χ4n) is 3.61. The van der Waals surface area contributed by atoms with Crippen molar-refractivity contribution in [3.05, 3.63) is 118 Å². The number of rotatable bonds is 4. The molecule has 0 N–H and O–H groups in total. The van der Waals surface area contributed by atoms with E-state index >= 15 is 0 Å². The minimum Gasteiger partial charge on any atom is -0.207 e. The molecule has 0 spiro atoms. The number of hydrogen-bond donors (Lipinski definition) is 0. The molecule has 0 aliphatic rings.